The Labute approximate surface area is 172 Å². The fraction of sp³-hybridized carbons (Fsp3) is 0.450. The van der Waals surface area contributed by atoms with Crippen LogP contribution in [-0.2, 0) is 0 Å². The molecule has 2 fully saturated rings. The summed E-state index contributed by atoms with van der Waals surface area (Å²) in [5.41, 5.74) is 2.24. The lowest BCUT2D eigenvalue weighted by molar-refractivity contribution is 0.170. The van der Waals surface area contributed by atoms with Crippen molar-refractivity contribution in [1.82, 2.24) is 20.3 Å². The largest absolute Gasteiger partial charge is 0.467 e. The van der Waals surface area contributed by atoms with Crippen molar-refractivity contribution in [2.24, 2.45) is 0 Å². The first-order valence-electron chi connectivity index (χ1n) is 10.00. The molecule has 2 saturated heterocycles. The van der Waals surface area contributed by atoms with Gasteiger partial charge < -0.3 is 19.9 Å². The van der Waals surface area contributed by atoms with Crippen LogP contribution in [-0.4, -0.2) is 60.3 Å². The van der Waals surface area contributed by atoms with Gasteiger partial charge in [-0.3, -0.25) is 0 Å². The van der Waals surface area contributed by atoms with E-state index in [-0.39, 0.29) is 6.10 Å². The standard InChI is InChI=1S/C20H23FN6OS/c21-14-12-23-19(24-13-14)27-7-3-16(4-8-27)28-20-25-17-2-1-15(11-18(17)29-20)26-9-5-22-6-10-26/h1-2,11-13,16,22H,3-10H2. The minimum atomic E-state index is -0.414. The van der Waals surface area contributed by atoms with Crippen LogP contribution in [0.5, 0.6) is 5.19 Å². The molecule has 5 rings (SSSR count). The number of aromatic nitrogens is 3. The SMILES string of the molecule is Fc1cnc(N2CCC(Oc3nc4ccc(N5CCNCC5)cc4s3)CC2)nc1. The number of rotatable bonds is 4. The van der Waals surface area contributed by atoms with Gasteiger partial charge in [0, 0.05) is 57.8 Å². The molecule has 0 bridgehead atoms. The monoisotopic (exact) mass is 414 g/mol. The predicted molar refractivity (Wildman–Crippen MR) is 113 cm³/mol. The van der Waals surface area contributed by atoms with Gasteiger partial charge in [-0.2, -0.15) is 0 Å². The second-order valence-electron chi connectivity index (χ2n) is 7.37. The number of nitrogens with one attached hydrogen (secondary N) is 1. The van der Waals surface area contributed by atoms with E-state index in [1.54, 1.807) is 11.3 Å². The summed E-state index contributed by atoms with van der Waals surface area (Å²) in [6.45, 7) is 5.68. The Hall–Kier alpha value is -2.52. The van der Waals surface area contributed by atoms with Crippen LogP contribution in [0.3, 0.4) is 0 Å². The Morgan fingerprint density at radius 1 is 1.03 bits per heavy atom. The molecule has 0 unspecified atom stereocenters. The van der Waals surface area contributed by atoms with Crippen molar-refractivity contribution in [2.45, 2.75) is 18.9 Å². The molecule has 3 aromatic rings. The normalized spacial score (nSPS) is 18.4. The van der Waals surface area contributed by atoms with Crippen LogP contribution in [0, 0.1) is 5.82 Å². The summed E-state index contributed by atoms with van der Waals surface area (Å²) in [5.74, 6) is 0.160. The summed E-state index contributed by atoms with van der Waals surface area (Å²) in [6.07, 6.45) is 4.27. The highest BCUT2D eigenvalue weighted by atomic mass is 32.1. The molecular formula is C20H23FN6OS. The highest BCUT2D eigenvalue weighted by Crippen LogP contribution is 2.33. The number of ether oxygens (including phenoxy) is 1. The smallest absolute Gasteiger partial charge is 0.274 e. The third kappa shape index (κ3) is 4.11. The van der Waals surface area contributed by atoms with Crippen molar-refractivity contribution in [3.63, 3.8) is 0 Å². The number of piperidine rings is 1. The Balaban J connectivity index is 1.22. The van der Waals surface area contributed by atoms with E-state index < -0.39 is 5.82 Å². The van der Waals surface area contributed by atoms with Gasteiger partial charge in [0.1, 0.15) is 6.10 Å². The van der Waals surface area contributed by atoms with Crippen molar-refractivity contribution in [3.05, 3.63) is 36.4 Å². The molecule has 0 atom stereocenters. The lowest BCUT2D eigenvalue weighted by Gasteiger charge is -2.31. The van der Waals surface area contributed by atoms with Crippen LogP contribution >= 0.6 is 11.3 Å². The van der Waals surface area contributed by atoms with Gasteiger partial charge in [0.2, 0.25) is 5.95 Å². The molecule has 2 aromatic heterocycles. The molecular weight excluding hydrogens is 391 g/mol. The van der Waals surface area contributed by atoms with E-state index in [0.717, 1.165) is 67.5 Å². The summed E-state index contributed by atoms with van der Waals surface area (Å²) in [7, 11) is 0. The van der Waals surface area contributed by atoms with Gasteiger partial charge in [-0.05, 0) is 18.2 Å². The maximum absolute atomic E-state index is 13.0. The van der Waals surface area contributed by atoms with Gasteiger partial charge in [0.25, 0.3) is 5.19 Å². The van der Waals surface area contributed by atoms with E-state index in [2.05, 4.69) is 48.3 Å². The van der Waals surface area contributed by atoms with E-state index in [1.807, 2.05) is 0 Å². The van der Waals surface area contributed by atoms with Crippen LogP contribution in [0.15, 0.2) is 30.6 Å². The molecule has 152 valence electrons. The van der Waals surface area contributed by atoms with Crippen molar-refractivity contribution >= 4 is 33.2 Å². The second kappa shape index (κ2) is 8.08. The minimum Gasteiger partial charge on any atom is -0.467 e. The first kappa shape index (κ1) is 18.5. The van der Waals surface area contributed by atoms with Gasteiger partial charge in [-0.1, -0.05) is 11.3 Å². The Kier molecular flexibility index (Phi) is 5.15. The second-order valence-corrected chi connectivity index (χ2v) is 8.37. The van der Waals surface area contributed by atoms with Crippen LogP contribution in [0.2, 0.25) is 0 Å². The number of hydrogen-bond acceptors (Lipinski definition) is 8. The average Bonchev–Trinajstić information content (AvgIpc) is 3.17. The number of thiazole rings is 1. The van der Waals surface area contributed by atoms with E-state index in [9.17, 15) is 4.39 Å². The van der Waals surface area contributed by atoms with E-state index in [4.69, 9.17) is 4.74 Å². The van der Waals surface area contributed by atoms with Gasteiger partial charge >= 0.3 is 0 Å². The summed E-state index contributed by atoms with van der Waals surface area (Å²) in [6, 6.07) is 6.46. The molecule has 2 aliphatic rings. The fourth-order valence-electron chi connectivity index (χ4n) is 3.85. The predicted octanol–water partition coefficient (Wildman–Crippen LogP) is 2.68. The fourth-order valence-corrected chi connectivity index (χ4v) is 4.76. The summed E-state index contributed by atoms with van der Waals surface area (Å²) >= 11 is 1.61. The molecule has 0 spiro atoms. The third-order valence-electron chi connectivity index (χ3n) is 5.43. The van der Waals surface area contributed by atoms with Gasteiger partial charge in [-0.15, -0.1) is 0 Å². The molecule has 1 aromatic carbocycles. The minimum absolute atomic E-state index is 0.125. The first-order valence-corrected chi connectivity index (χ1v) is 10.8. The molecule has 0 radical (unpaired) electrons. The molecule has 0 amide bonds. The van der Waals surface area contributed by atoms with Gasteiger partial charge in [-0.25, -0.2) is 19.3 Å². The van der Waals surface area contributed by atoms with Gasteiger partial charge in [0.15, 0.2) is 5.82 Å². The zero-order valence-corrected chi connectivity index (χ0v) is 16.9. The van der Waals surface area contributed by atoms with E-state index in [0.29, 0.717) is 5.95 Å². The molecule has 4 heterocycles. The molecule has 9 heteroatoms. The lowest BCUT2D eigenvalue weighted by Crippen LogP contribution is -2.43. The topological polar surface area (TPSA) is 66.4 Å². The van der Waals surface area contributed by atoms with Crippen LogP contribution < -0.4 is 19.9 Å². The lowest BCUT2D eigenvalue weighted by atomic mass is 10.1. The Bertz CT molecular complexity index is 967. The summed E-state index contributed by atoms with van der Waals surface area (Å²) in [4.78, 5) is 17.3. The number of nitrogens with zero attached hydrogens (tertiary/aromatic N) is 5. The number of benzene rings is 1. The number of piperazine rings is 1. The average molecular weight is 415 g/mol. The first-order chi connectivity index (χ1) is 14.2. The molecule has 1 N–H and O–H groups in total. The maximum atomic E-state index is 13.0. The zero-order valence-electron chi connectivity index (χ0n) is 16.1. The quantitative estimate of drug-likeness (QED) is 0.704. The van der Waals surface area contributed by atoms with Crippen LogP contribution in [0.1, 0.15) is 12.8 Å². The number of halogens is 1. The highest BCUT2D eigenvalue weighted by molar-refractivity contribution is 7.20. The van der Waals surface area contributed by atoms with Crippen molar-refractivity contribution in [1.29, 1.82) is 0 Å². The zero-order chi connectivity index (χ0) is 19.6. The summed E-state index contributed by atoms with van der Waals surface area (Å²) < 4.78 is 20.3. The van der Waals surface area contributed by atoms with E-state index >= 15 is 0 Å². The number of hydrogen-bond donors (Lipinski definition) is 1. The van der Waals surface area contributed by atoms with Crippen LogP contribution in [0.4, 0.5) is 16.0 Å². The molecule has 29 heavy (non-hydrogen) atoms. The number of fused-ring (bicyclic) bond motifs is 1. The van der Waals surface area contributed by atoms with Crippen molar-refractivity contribution in [2.75, 3.05) is 49.1 Å². The van der Waals surface area contributed by atoms with Crippen LogP contribution in [0.25, 0.3) is 10.2 Å². The molecule has 0 saturated carbocycles. The highest BCUT2D eigenvalue weighted by Gasteiger charge is 2.23. The third-order valence-corrected chi connectivity index (χ3v) is 6.34. The van der Waals surface area contributed by atoms with Crippen molar-refractivity contribution in [3.8, 4) is 5.19 Å². The maximum Gasteiger partial charge on any atom is 0.274 e. The molecule has 0 aliphatic carbocycles. The molecule has 7 nitrogen and oxygen atoms in total. The number of anilines is 2. The van der Waals surface area contributed by atoms with Gasteiger partial charge in [0.05, 0.1) is 22.6 Å². The van der Waals surface area contributed by atoms with Crippen molar-refractivity contribution < 1.29 is 9.13 Å². The molecule has 2 aliphatic heterocycles. The van der Waals surface area contributed by atoms with E-state index in [1.165, 1.54) is 18.1 Å². The Morgan fingerprint density at radius 3 is 2.55 bits per heavy atom. The summed E-state index contributed by atoms with van der Waals surface area (Å²) in [5, 5.41) is 4.12. The Morgan fingerprint density at radius 2 is 1.79 bits per heavy atom.